The highest BCUT2D eigenvalue weighted by molar-refractivity contribution is 7.98. The first kappa shape index (κ1) is 19.9. The van der Waals surface area contributed by atoms with E-state index in [0.717, 1.165) is 16.0 Å². The number of hydrogen-bond acceptors (Lipinski definition) is 6. The SMILES string of the molecule is CSc1ccc([C@@H]2c3c(oc4ccccc4c3=O)C(=O)N2Cc2ccc3c(c2)OCO3)cc1. The lowest BCUT2D eigenvalue weighted by Gasteiger charge is -2.25. The van der Waals surface area contributed by atoms with Crippen LogP contribution in [0.15, 0.2) is 80.8 Å². The molecule has 1 aromatic heterocycles. The second-order valence-corrected chi connectivity index (χ2v) is 8.85. The van der Waals surface area contributed by atoms with Crippen molar-refractivity contribution < 1.29 is 18.7 Å². The van der Waals surface area contributed by atoms with Gasteiger partial charge in [0.25, 0.3) is 5.91 Å². The summed E-state index contributed by atoms with van der Waals surface area (Å²) in [7, 11) is 0. The number of thioether (sulfide) groups is 1. The zero-order chi connectivity index (χ0) is 22.5. The molecule has 164 valence electrons. The Morgan fingerprint density at radius 3 is 2.58 bits per heavy atom. The lowest BCUT2D eigenvalue weighted by molar-refractivity contribution is 0.0714. The summed E-state index contributed by atoms with van der Waals surface area (Å²) in [5, 5.41) is 0.472. The topological polar surface area (TPSA) is 69.0 Å². The Labute approximate surface area is 193 Å². The average molecular weight is 458 g/mol. The van der Waals surface area contributed by atoms with Gasteiger partial charge in [0, 0.05) is 11.4 Å². The van der Waals surface area contributed by atoms with Gasteiger partial charge in [-0.25, -0.2) is 0 Å². The fourth-order valence-corrected chi connectivity index (χ4v) is 4.91. The number of amides is 1. The fourth-order valence-electron chi connectivity index (χ4n) is 4.50. The van der Waals surface area contributed by atoms with Gasteiger partial charge in [0.2, 0.25) is 12.6 Å². The molecule has 6 rings (SSSR count). The van der Waals surface area contributed by atoms with Gasteiger partial charge >= 0.3 is 0 Å². The number of rotatable bonds is 4. The fraction of sp³-hybridized carbons (Fsp3) is 0.154. The molecule has 0 spiro atoms. The molecule has 0 fully saturated rings. The van der Waals surface area contributed by atoms with Gasteiger partial charge in [0.1, 0.15) is 5.58 Å². The molecule has 0 unspecified atom stereocenters. The lowest BCUT2D eigenvalue weighted by Crippen LogP contribution is -2.29. The summed E-state index contributed by atoms with van der Waals surface area (Å²) in [5.41, 5.74) is 2.37. The largest absolute Gasteiger partial charge is 0.454 e. The first-order chi connectivity index (χ1) is 16.1. The van der Waals surface area contributed by atoms with Gasteiger partial charge in [0.05, 0.1) is 17.0 Å². The number of benzene rings is 3. The van der Waals surface area contributed by atoms with Gasteiger partial charge in [-0.05, 0) is 53.8 Å². The molecule has 3 heterocycles. The number of carbonyl (C=O) groups is 1. The van der Waals surface area contributed by atoms with Crippen LogP contribution >= 0.6 is 11.8 Å². The molecule has 6 nitrogen and oxygen atoms in total. The molecule has 0 bridgehead atoms. The first-order valence-corrected chi connectivity index (χ1v) is 11.8. The molecule has 33 heavy (non-hydrogen) atoms. The minimum atomic E-state index is -0.547. The van der Waals surface area contributed by atoms with Crippen molar-refractivity contribution in [2.75, 3.05) is 13.0 Å². The Morgan fingerprint density at radius 2 is 1.76 bits per heavy atom. The number of para-hydroxylation sites is 1. The van der Waals surface area contributed by atoms with E-state index in [2.05, 4.69) is 0 Å². The quantitative estimate of drug-likeness (QED) is 0.402. The Hall–Kier alpha value is -3.71. The lowest BCUT2D eigenvalue weighted by atomic mass is 9.98. The monoisotopic (exact) mass is 457 g/mol. The zero-order valence-corrected chi connectivity index (χ0v) is 18.6. The van der Waals surface area contributed by atoms with Crippen molar-refractivity contribution in [3.05, 3.63) is 99.4 Å². The number of fused-ring (bicyclic) bond motifs is 3. The highest BCUT2D eigenvalue weighted by Gasteiger charge is 2.42. The van der Waals surface area contributed by atoms with Crippen molar-refractivity contribution in [1.82, 2.24) is 4.90 Å². The Balaban J connectivity index is 1.50. The molecule has 7 heteroatoms. The maximum absolute atomic E-state index is 13.6. The van der Waals surface area contributed by atoms with Gasteiger partial charge < -0.3 is 18.8 Å². The molecule has 1 amide bonds. The number of nitrogens with zero attached hydrogens (tertiary/aromatic N) is 1. The van der Waals surface area contributed by atoms with Crippen molar-refractivity contribution >= 4 is 28.6 Å². The van der Waals surface area contributed by atoms with Crippen LogP contribution in [0.5, 0.6) is 11.5 Å². The van der Waals surface area contributed by atoms with Crippen LogP contribution in [0.1, 0.15) is 33.3 Å². The van der Waals surface area contributed by atoms with Crippen LogP contribution in [-0.4, -0.2) is 23.9 Å². The molecular weight excluding hydrogens is 438 g/mol. The van der Waals surface area contributed by atoms with Crippen molar-refractivity contribution in [2.45, 2.75) is 17.5 Å². The molecule has 0 radical (unpaired) electrons. The van der Waals surface area contributed by atoms with E-state index in [4.69, 9.17) is 13.9 Å². The summed E-state index contributed by atoms with van der Waals surface area (Å²) < 4.78 is 16.9. The summed E-state index contributed by atoms with van der Waals surface area (Å²) in [6.45, 7) is 0.479. The first-order valence-electron chi connectivity index (χ1n) is 10.5. The van der Waals surface area contributed by atoms with E-state index in [1.54, 1.807) is 40.9 Å². The summed E-state index contributed by atoms with van der Waals surface area (Å²) >= 11 is 1.64. The van der Waals surface area contributed by atoms with E-state index < -0.39 is 6.04 Å². The van der Waals surface area contributed by atoms with Crippen LogP contribution in [-0.2, 0) is 6.54 Å². The second kappa shape index (κ2) is 7.71. The zero-order valence-electron chi connectivity index (χ0n) is 17.7. The number of hydrogen-bond donors (Lipinski definition) is 0. The second-order valence-electron chi connectivity index (χ2n) is 7.97. The summed E-state index contributed by atoms with van der Waals surface area (Å²) in [6, 6.07) is 20.1. The van der Waals surface area contributed by atoms with Gasteiger partial charge in [0.15, 0.2) is 16.9 Å². The molecule has 1 atom stereocenters. The smallest absolute Gasteiger partial charge is 0.291 e. The van der Waals surface area contributed by atoms with E-state index in [0.29, 0.717) is 34.6 Å². The molecule has 2 aliphatic rings. The molecule has 3 aromatic carbocycles. The maximum Gasteiger partial charge on any atom is 0.291 e. The van der Waals surface area contributed by atoms with E-state index in [9.17, 15) is 9.59 Å². The Bertz CT molecular complexity index is 1460. The molecule has 0 aliphatic carbocycles. The van der Waals surface area contributed by atoms with Crippen LogP contribution in [0.2, 0.25) is 0 Å². The summed E-state index contributed by atoms with van der Waals surface area (Å²) in [6.07, 6.45) is 2.01. The van der Waals surface area contributed by atoms with Crippen LogP contribution in [0.25, 0.3) is 11.0 Å². The van der Waals surface area contributed by atoms with Crippen molar-refractivity contribution in [2.24, 2.45) is 0 Å². The molecular formula is C26H19NO5S. The molecule has 4 aromatic rings. The highest BCUT2D eigenvalue weighted by Crippen LogP contribution is 2.40. The number of ether oxygens (including phenoxy) is 2. The third kappa shape index (κ3) is 3.19. The van der Waals surface area contributed by atoms with Gasteiger partial charge in [-0.3, -0.25) is 9.59 Å². The van der Waals surface area contributed by atoms with E-state index in [-0.39, 0.29) is 23.9 Å². The van der Waals surface area contributed by atoms with Crippen LogP contribution in [0.4, 0.5) is 0 Å². The van der Waals surface area contributed by atoms with Gasteiger partial charge in [-0.15, -0.1) is 11.8 Å². The minimum Gasteiger partial charge on any atom is -0.454 e. The Kier molecular flexibility index (Phi) is 4.66. The van der Waals surface area contributed by atoms with Crippen molar-refractivity contribution in [3.63, 3.8) is 0 Å². The standard InChI is InChI=1S/C26H19NO5S/c1-33-17-9-7-16(8-10-17)23-22-24(28)18-4-2-3-5-19(18)32-25(22)26(29)27(23)13-15-6-11-20-21(12-15)31-14-30-20/h2-12,23H,13-14H2,1H3/t23-/m1/s1. The van der Waals surface area contributed by atoms with Gasteiger partial charge in [-0.1, -0.05) is 30.3 Å². The minimum absolute atomic E-state index is 0.110. The summed E-state index contributed by atoms with van der Waals surface area (Å²) in [4.78, 5) is 29.9. The maximum atomic E-state index is 13.6. The third-order valence-electron chi connectivity index (χ3n) is 6.09. The summed E-state index contributed by atoms with van der Waals surface area (Å²) in [5.74, 6) is 1.14. The molecule has 0 N–H and O–H groups in total. The molecule has 0 saturated carbocycles. The van der Waals surface area contributed by atoms with E-state index >= 15 is 0 Å². The van der Waals surface area contributed by atoms with Crippen molar-refractivity contribution in [3.8, 4) is 11.5 Å². The van der Waals surface area contributed by atoms with Crippen LogP contribution in [0.3, 0.4) is 0 Å². The predicted molar refractivity (Wildman–Crippen MR) is 125 cm³/mol. The third-order valence-corrected chi connectivity index (χ3v) is 6.84. The normalized spacial score (nSPS) is 16.5. The molecule has 2 aliphatic heterocycles. The number of carbonyl (C=O) groups excluding carboxylic acids is 1. The molecule has 0 saturated heterocycles. The predicted octanol–water partition coefficient (Wildman–Crippen LogP) is 4.99. The van der Waals surface area contributed by atoms with Crippen LogP contribution < -0.4 is 14.9 Å². The van der Waals surface area contributed by atoms with E-state index in [1.807, 2.05) is 48.7 Å². The van der Waals surface area contributed by atoms with Crippen LogP contribution in [0, 0.1) is 0 Å². The Morgan fingerprint density at radius 1 is 0.970 bits per heavy atom. The van der Waals surface area contributed by atoms with Gasteiger partial charge in [-0.2, -0.15) is 0 Å². The van der Waals surface area contributed by atoms with E-state index in [1.165, 1.54) is 0 Å². The highest BCUT2D eigenvalue weighted by atomic mass is 32.2. The average Bonchev–Trinajstić information content (AvgIpc) is 3.42. The van der Waals surface area contributed by atoms with Crippen molar-refractivity contribution in [1.29, 1.82) is 0 Å².